The minimum absolute atomic E-state index is 0.0162. The Labute approximate surface area is 763 Å². The van der Waals surface area contributed by atoms with E-state index in [0.717, 1.165) is 62.7 Å². The lowest BCUT2D eigenvalue weighted by Crippen LogP contribution is -2.64. The van der Waals surface area contributed by atoms with Gasteiger partial charge in [0, 0.05) is 124 Å². The summed E-state index contributed by atoms with van der Waals surface area (Å²) in [7, 11) is 0. The summed E-state index contributed by atoms with van der Waals surface area (Å²) in [6.45, 7) is 3.12. The molecule has 11 amide bonds. The highest BCUT2D eigenvalue weighted by Gasteiger charge is 2.49. The molecule has 47 nitrogen and oxygen atoms in total. The summed E-state index contributed by atoms with van der Waals surface area (Å²) in [5.74, 6) is -5.19. The van der Waals surface area contributed by atoms with Crippen LogP contribution in [0, 0.1) is 0 Å². The van der Waals surface area contributed by atoms with Crippen molar-refractivity contribution in [3.8, 4) is 0 Å². The largest absolute Gasteiger partial charge is 0.394 e. The molecule has 15 unspecified atom stereocenters. The van der Waals surface area contributed by atoms with Crippen LogP contribution in [0.15, 0.2) is 12.2 Å². The number of nitrogens with zero attached hydrogens (tertiary/aromatic N) is 1. The normalized spacial score (nSPS) is 24.1. The van der Waals surface area contributed by atoms with Crippen LogP contribution < -0.4 is 47.9 Å². The molecular weight excluding hydrogens is 1740 g/mol. The fourth-order valence-corrected chi connectivity index (χ4v) is 14.4. The van der Waals surface area contributed by atoms with Crippen molar-refractivity contribution in [1.82, 2.24) is 52.8 Å². The SMILES string of the molecule is CC(=O)NC1C(OCCOCCOCCNC(=O)CCOCC(COCCC(=O)NCCOCCOCCOC2OC(CO)C(O)C(O)C2NC(C)=O)(COCCC(=O)NCCOCCOCCOC2OC(CO)C(O)C(O)C2NC(C)=O)NC(=O)CCCCCCCCCCC(=O)NCCOC2(OCCNC(=O)CCN3C(=O)C=CC3=O)CCCCC2)OC(CO)C(O)C1O. The quantitative estimate of drug-likeness (QED) is 0.0153. The number of hydrogen-bond acceptors (Lipinski definition) is 37. The average Bonchev–Trinajstić information content (AvgIpc) is 1.06. The Hall–Kier alpha value is -6.93. The summed E-state index contributed by atoms with van der Waals surface area (Å²) in [4.78, 5) is 139. The van der Waals surface area contributed by atoms with Gasteiger partial charge in [-0.15, -0.1) is 0 Å². The molecule has 0 aromatic heterocycles. The van der Waals surface area contributed by atoms with Crippen molar-refractivity contribution in [3.63, 3.8) is 0 Å². The van der Waals surface area contributed by atoms with Crippen LogP contribution in [0.2, 0.25) is 0 Å². The molecule has 15 atom stereocenters. The van der Waals surface area contributed by atoms with Crippen LogP contribution in [0.1, 0.15) is 143 Å². The predicted octanol–water partition coefficient (Wildman–Crippen LogP) is -6.47. The second kappa shape index (κ2) is 67.3. The first-order chi connectivity index (χ1) is 63.1. The van der Waals surface area contributed by atoms with Crippen LogP contribution in [0.5, 0.6) is 0 Å². The third-order valence-corrected chi connectivity index (χ3v) is 21.3. The third kappa shape index (κ3) is 46.9. The first-order valence-corrected chi connectivity index (χ1v) is 45.3. The molecule has 131 heavy (non-hydrogen) atoms. The van der Waals surface area contributed by atoms with Gasteiger partial charge in [-0.25, -0.2) is 0 Å². The van der Waals surface area contributed by atoms with Gasteiger partial charge in [0.15, 0.2) is 24.7 Å². The molecule has 1 aliphatic carbocycles. The van der Waals surface area contributed by atoms with Gasteiger partial charge in [-0.05, 0) is 25.7 Å². The molecule has 3 saturated heterocycles. The number of aliphatic hydroxyl groups excluding tert-OH is 9. The molecule has 4 aliphatic heterocycles. The fraction of sp³-hybridized carbons (Fsp3) is 0.845. The highest BCUT2D eigenvalue weighted by molar-refractivity contribution is 6.13. The zero-order valence-corrected chi connectivity index (χ0v) is 75.8. The summed E-state index contributed by atoms with van der Waals surface area (Å²) in [5, 5.41) is 116. The van der Waals surface area contributed by atoms with Crippen molar-refractivity contribution in [3.05, 3.63) is 12.2 Å². The van der Waals surface area contributed by atoms with Crippen molar-refractivity contribution in [1.29, 1.82) is 0 Å². The number of imide groups is 1. The summed E-state index contributed by atoms with van der Waals surface area (Å²) < 4.78 is 97.9. The lowest BCUT2D eigenvalue weighted by Gasteiger charge is -2.42. The van der Waals surface area contributed by atoms with E-state index in [-0.39, 0.29) is 235 Å². The molecule has 47 heteroatoms. The van der Waals surface area contributed by atoms with E-state index in [9.17, 15) is 98.7 Å². The minimum Gasteiger partial charge on any atom is -0.394 e. The maximum Gasteiger partial charge on any atom is 0.253 e. The second-order valence-corrected chi connectivity index (χ2v) is 32.0. The van der Waals surface area contributed by atoms with E-state index in [1.54, 1.807) is 0 Å². The average molecular weight is 1890 g/mol. The monoisotopic (exact) mass is 1890 g/mol. The number of aliphatic hydroxyl groups is 9. The van der Waals surface area contributed by atoms with Gasteiger partial charge >= 0.3 is 0 Å². The molecule has 0 spiro atoms. The Kier molecular flexibility index (Phi) is 58.9. The van der Waals surface area contributed by atoms with E-state index < -0.39 is 170 Å². The number of hydrogen-bond donors (Lipinski definition) is 18. The Bertz CT molecular complexity index is 3070. The third-order valence-electron chi connectivity index (χ3n) is 21.3. The fourth-order valence-electron chi connectivity index (χ4n) is 14.4. The Balaban J connectivity index is 1.09. The molecule has 0 radical (unpaired) electrons. The van der Waals surface area contributed by atoms with Gasteiger partial charge in [0.1, 0.15) is 78.6 Å². The van der Waals surface area contributed by atoms with Gasteiger partial charge in [-0.3, -0.25) is 57.6 Å². The van der Waals surface area contributed by atoms with Crippen molar-refractivity contribution in [2.75, 3.05) is 211 Å². The van der Waals surface area contributed by atoms with Crippen LogP contribution in [-0.4, -0.2) is 430 Å². The lowest BCUT2D eigenvalue weighted by atomic mass is 9.94. The van der Waals surface area contributed by atoms with E-state index in [1.165, 1.54) is 32.9 Å². The lowest BCUT2D eigenvalue weighted by molar-refractivity contribution is -0.272. The highest BCUT2D eigenvalue weighted by atomic mass is 16.7. The topological polar surface area (TPSA) is 638 Å². The van der Waals surface area contributed by atoms with Crippen molar-refractivity contribution < 1.29 is 179 Å². The number of amides is 11. The first kappa shape index (κ1) is 115. The number of nitrogens with one attached hydrogen (secondary N) is 9. The zero-order valence-electron chi connectivity index (χ0n) is 75.8. The molecular formula is C84H146N10O37. The van der Waals surface area contributed by atoms with Gasteiger partial charge in [-0.2, -0.15) is 0 Å². The van der Waals surface area contributed by atoms with E-state index in [0.29, 0.717) is 38.6 Å². The molecule has 754 valence electrons. The molecule has 0 aromatic rings. The molecule has 18 N–H and O–H groups in total. The molecule has 0 aromatic carbocycles. The van der Waals surface area contributed by atoms with Gasteiger partial charge in [0.2, 0.25) is 53.2 Å². The zero-order chi connectivity index (χ0) is 95.4. The van der Waals surface area contributed by atoms with E-state index in [2.05, 4.69) is 47.9 Å². The Morgan fingerprint density at radius 1 is 0.359 bits per heavy atom. The van der Waals surface area contributed by atoms with E-state index in [4.69, 9.17) is 80.5 Å². The summed E-state index contributed by atoms with van der Waals surface area (Å²) in [6, 6.07) is -3.34. The summed E-state index contributed by atoms with van der Waals surface area (Å²) in [5.41, 5.74) is -1.44. The van der Waals surface area contributed by atoms with Crippen LogP contribution in [-0.2, 0) is 133 Å². The van der Waals surface area contributed by atoms with Crippen molar-refractivity contribution in [2.45, 2.75) is 246 Å². The Morgan fingerprint density at radius 3 is 0.977 bits per heavy atom. The number of unbranched alkanes of at least 4 members (excludes halogenated alkanes) is 7. The van der Waals surface area contributed by atoms with Gasteiger partial charge in [0.05, 0.1) is 172 Å². The van der Waals surface area contributed by atoms with Crippen LogP contribution in [0.3, 0.4) is 0 Å². The van der Waals surface area contributed by atoms with Gasteiger partial charge < -0.3 is 174 Å². The predicted molar refractivity (Wildman–Crippen MR) is 455 cm³/mol. The summed E-state index contributed by atoms with van der Waals surface area (Å²) >= 11 is 0. The smallest absolute Gasteiger partial charge is 0.253 e. The van der Waals surface area contributed by atoms with Gasteiger partial charge in [-0.1, -0.05) is 44.9 Å². The molecule has 1 saturated carbocycles. The Morgan fingerprint density at radius 2 is 0.649 bits per heavy atom. The molecule has 4 fully saturated rings. The second-order valence-electron chi connectivity index (χ2n) is 32.0. The van der Waals surface area contributed by atoms with E-state index in [1.807, 2.05) is 0 Å². The number of rotatable bonds is 74. The maximum absolute atomic E-state index is 14.1. The van der Waals surface area contributed by atoms with Crippen LogP contribution in [0.4, 0.5) is 0 Å². The number of ether oxygens (including phenoxy) is 17. The molecule has 5 rings (SSSR count). The van der Waals surface area contributed by atoms with Crippen molar-refractivity contribution in [2.24, 2.45) is 0 Å². The van der Waals surface area contributed by atoms with Crippen LogP contribution >= 0.6 is 0 Å². The maximum atomic E-state index is 14.1. The first-order valence-electron chi connectivity index (χ1n) is 45.3. The molecule has 5 aliphatic rings. The standard InChI is InChI=1S/C84H146N10O37/c1-57(98)90-71-77(112)74(109)60(51-95)129-80(71)124-48-45-118-42-39-115-34-25-85-65(103)20-31-121-54-83(55-122-32-21-66(104)86-26-35-116-40-43-119-46-49-125-81-72(91-58(2)99)78(113)75(110)61(52-96)130-81,56-123-33-22-67(105)87-27-36-117-41-44-120-47-50-126-82-73(92-59(3)100)79(114)76(111)62(53-97)131-82)93-68(106)16-12-9-7-5-4-6-8-11-15-63(101)88-28-37-127-84(23-13-10-14-24-84)128-38-29-89-64(102)19-30-94-69(107)17-18-70(94)108/h17-18,60-62,71-82,95-97,109-114H,4-16,19-56H2,1-3H3,(H,85,103)(H,86,104)(H,87,105)(H,88,101)(H,89,102)(H,90,98)(H,91,99)(H,92,100)(H,93,106). The highest BCUT2D eigenvalue weighted by Crippen LogP contribution is 2.33. The molecule has 4 heterocycles. The van der Waals surface area contributed by atoms with Crippen LogP contribution in [0.25, 0.3) is 0 Å². The summed E-state index contributed by atoms with van der Waals surface area (Å²) in [6.07, 6.45) is -2.98. The van der Waals surface area contributed by atoms with Crippen molar-refractivity contribution >= 4 is 65.0 Å². The molecule has 0 bridgehead atoms. The van der Waals surface area contributed by atoms with Gasteiger partial charge in [0.25, 0.3) is 11.8 Å². The number of carbonyl (C=O) groups excluding carboxylic acids is 11. The minimum atomic E-state index is -1.47. The van der Waals surface area contributed by atoms with E-state index >= 15 is 0 Å². The number of carbonyl (C=O) groups is 11.